The van der Waals surface area contributed by atoms with Crippen LogP contribution in [-0.2, 0) is 14.8 Å². The maximum atomic E-state index is 12.1. The molecule has 2 aromatic carbocycles. The van der Waals surface area contributed by atoms with E-state index in [0.29, 0.717) is 28.8 Å². The Morgan fingerprint density at radius 2 is 1.73 bits per heavy atom. The molecule has 0 fully saturated rings. The number of amides is 1. The van der Waals surface area contributed by atoms with E-state index in [-0.39, 0.29) is 18.9 Å². The zero-order valence-corrected chi connectivity index (χ0v) is 16.2. The van der Waals surface area contributed by atoms with Crippen molar-refractivity contribution in [1.82, 2.24) is 0 Å². The number of nitrogens with one attached hydrogen (secondary N) is 1. The first-order valence-corrected chi connectivity index (χ1v) is 10.3. The normalized spacial score (nSPS) is 11.0. The van der Waals surface area contributed by atoms with Gasteiger partial charge in [0, 0.05) is 23.7 Å². The Hall–Kier alpha value is -2.25. The number of carbonyl (C=O) groups is 1. The van der Waals surface area contributed by atoms with Crippen LogP contribution in [-0.4, -0.2) is 33.7 Å². The molecule has 140 valence electrons. The number of halogens is 1. The number of anilines is 2. The van der Waals surface area contributed by atoms with Gasteiger partial charge in [-0.3, -0.25) is 9.10 Å². The molecular formula is C18H21ClN2O4S. The largest absolute Gasteiger partial charge is 0.494 e. The van der Waals surface area contributed by atoms with E-state index in [1.165, 1.54) is 4.31 Å². The molecule has 0 radical (unpaired) electrons. The zero-order valence-electron chi connectivity index (χ0n) is 14.6. The Morgan fingerprint density at radius 3 is 2.27 bits per heavy atom. The van der Waals surface area contributed by atoms with Gasteiger partial charge in [-0.15, -0.1) is 0 Å². The highest BCUT2D eigenvalue weighted by Gasteiger charge is 2.18. The maximum absolute atomic E-state index is 12.1. The van der Waals surface area contributed by atoms with Gasteiger partial charge < -0.3 is 10.1 Å². The van der Waals surface area contributed by atoms with E-state index < -0.39 is 10.0 Å². The molecule has 0 unspecified atom stereocenters. The fourth-order valence-electron chi connectivity index (χ4n) is 2.32. The van der Waals surface area contributed by atoms with E-state index in [4.69, 9.17) is 16.3 Å². The Kier molecular flexibility index (Phi) is 6.88. The third kappa shape index (κ3) is 5.93. The van der Waals surface area contributed by atoms with Crippen LogP contribution in [0.2, 0.25) is 5.02 Å². The van der Waals surface area contributed by atoms with Crippen molar-refractivity contribution in [3.63, 3.8) is 0 Å². The van der Waals surface area contributed by atoms with E-state index in [1.807, 2.05) is 6.92 Å². The number of ether oxygens (including phenoxy) is 1. The van der Waals surface area contributed by atoms with Crippen LogP contribution in [0.25, 0.3) is 0 Å². The third-order valence-corrected chi connectivity index (χ3v) is 4.95. The van der Waals surface area contributed by atoms with Crippen molar-refractivity contribution in [3.8, 4) is 5.75 Å². The molecule has 8 heteroatoms. The summed E-state index contributed by atoms with van der Waals surface area (Å²) in [6.07, 6.45) is 1.13. The number of nitrogens with zero attached hydrogens (tertiary/aromatic N) is 1. The second-order valence-corrected chi connectivity index (χ2v) is 7.91. The topological polar surface area (TPSA) is 75.7 Å². The number of hydrogen-bond acceptors (Lipinski definition) is 4. The van der Waals surface area contributed by atoms with Gasteiger partial charge in [0.05, 0.1) is 18.6 Å². The Balaban J connectivity index is 2.04. The standard InChI is InChI=1S/C18H21ClN2O4S/c1-3-25-17-10-8-16(9-11-17)21(26(2,23)24)13-12-18(22)20-15-6-4-14(19)5-7-15/h4-11H,3,12-13H2,1-2H3,(H,20,22). The van der Waals surface area contributed by atoms with E-state index in [0.717, 1.165) is 6.26 Å². The highest BCUT2D eigenvalue weighted by atomic mass is 35.5. The Morgan fingerprint density at radius 1 is 1.12 bits per heavy atom. The van der Waals surface area contributed by atoms with Gasteiger partial charge in [0.15, 0.2) is 0 Å². The van der Waals surface area contributed by atoms with Crippen molar-refractivity contribution in [2.75, 3.05) is 29.0 Å². The van der Waals surface area contributed by atoms with Crippen molar-refractivity contribution < 1.29 is 17.9 Å². The summed E-state index contributed by atoms with van der Waals surface area (Å²) in [6, 6.07) is 13.4. The van der Waals surface area contributed by atoms with Crippen molar-refractivity contribution >= 4 is 38.9 Å². The number of carbonyl (C=O) groups excluding carboxylic acids is 1. The van der Waals surface area contributed by atoms with Crippen LogP contribution in [0, 0.1) is 0 Å². The zero-order chi connectivity index (χ0) is 19.2. The number of rotatable bonds is 8. The predicted molar refractivity (Wildman–Crippen MR) is 104 cm³/mol. The minimum absolute atomic E-state index is 0.0168. The van der Waals surface area contributed by atoms with Gasteiger partial charge in [-0.2, -0.15) is 0 Å². The van der Waals surface area contributed by atoms with E-state index >= 15 is 0 Å². The molecule has 0 saturated carbocycles. The minimum atomic E-state index is -3.52. The van der Waals surface area contributed by atoms with Gasteiger partial charge in [-0.05, 0) is 55.5 Å². The number of benzene rings is 2. The lowest BCUT2D eigenvalue weighted by Crippen LogP contribution is -2.33. The highest BCUT2D eigenvalue weighted by molar-refractivity contribution is 7.92. The summed E-state index contributed by atoms with van der Waals surface area (Å²) in [5.74, 6) is 0.372. The Labute approximate surface area is 158 Å². The highest BCUT2D eigenvalue weighted by Crippen LogP contribution is 2.22. The molecule has 2 rings (SSSR count). The fraction of sp³-hybridized carbons (Fsp3) is 0.278. The van der Waals surface area contributed by atoms with E-state index in [1.54, 1.807) is 48.5 Å². The van der Waals surface area contributed by atoms with Crippen molar-refractivity contribution in [3.05, 3.63) is 53.6 Å². The lowest BCUT2D eigenvalue weighted by molar-refractivity contribution is -0.116. The minimum Gasteiger partial charge on any atom is -0.494 e. The summed E-state index contributed by atoms with van der Waals surface area (Å²) >= 11 is 5.80. The van der Waals surface area contributed by atoms with Crippen LogP contribution in [0.3, 0.4) is 0 Å². The van der Waals surface area contributed by atoms with Crippen molar-refractivity contribution in [2.24, 2.45) is 0 Å². The molecule has 1 amide bonds. The molecule has 0 aliphatic rings. The average molecular weight is 397 g/mol. The first-order valence-electron chi connectivity index (χ1n) is 8.05. The van der Waals surface area contributed by atoms with Crippen LogP contribution < -0.4 is 14.4 Å². The average Bonchev–Trinajstić information content (AvgIpc) is 2.58. The summed E-state index contributed by atoms with van der Waals surface area (Å²) in [5, 5.41) is 3.29. The monoisotopic (exact) mass is 396 g/mol. The summed E-state index contributed by atoms with van der Waals surface area (Å²) in [4.78, 5) is 12.1. The van der Waals surface area contributed by atoms with E-state index in [2.05, 4.69) is 5.32 Å². The number of sulfonamides is 1. The summed E-state index contributed by atoms with van der Waals surface area (Å²) in [6.45, 7) is 2.43. The van der Waals surface area contributed by atoms with Crippen molar-refractivity contribution in [2.45, 2.75) is 13.3 Å². The lowest BCUT2D eigenvalue weighted by atomic mass is 10.2. The van der Waals surface area contributed by atoms with Crippen LogP contribution in [0.15, 0.2) is 48.5 Å². The predicted octanol–water partition coefficient (Wildman–Crippen LogP) is 3.53. The summed E-state index contributed by atoms with van der Waals surface area (Å²) in [5.41, 5.74) is 1.08. The summed E-state index contributed by atoms with van der Waals surface area (Å²) < 4.78 is 30.8. The molecule has 1 N–H and O–H groups in total. The van der Waals surface area contributed by atoms with Crippen LogP contribution in [0.1, 0.15) is 13.3 Å². The molecule has 0 atom stereocenters. The van der Waals surface area contributed by atoms with Gasteiger partial charge in [-0.25, -0.2) is 8.42 Å². The fourth-order valence-corrected chi connectivity index (χ4v) is 3.38. The second kappa shape index (κ2) is 8.91. The van der Waals surface area contributed by atoms with Gasteiger partial charge in [0.2, 0.25) is 15.9 Å². The van der Waals surface area contributed by atoms with Gasteiger partial charge in [0.25, 0.3) is 0 Å². The molecule has 0 spiro atoms. The van der Waals surface area contributed by atoms with Crippen LogP contribution in [0.4, 0.5) is 11.4 Å². The van der Waals surface area contributed by atoms with Crippen LogP contribution in [0.5, 0.6) is 5.75 Å². The smallest absolute Gasteiger partial charge is 0.232 e. The third-order valence-electron chi connectivity index (χ3n) is 3.51. The van der Waals surface area contributed by atoms with Gasteiger partial charge in [-0.1, -0.05) is 11.6 Å². The van der Waals surface area contributed by atoms with Gasteiger partial charge >= 0.3 is 0 Å². The first kappa shape index (κ1) is 20.1. The molecule has 0 aliphatic carbocycles. The molecule has 0 bridgehead atoms. The molecule has 0 heterocycles. The molecule has 2 aromatic rings. The second-order valence-electron chi connectivity index (χ2n) is 5.57. The maximum Gasteiger partial charge on any atom is 0.232 e. The quantitative estimate of drug-likeness (QED) is 0.740. The SMILES string of the molecule is CCOc1ccc(N(CCC(=O)Nc2ccc(Cl)cc2)S(C)(=O)=O)cc1. The molecular weight excluding hydrogens is 376 g/mol. The molecule has 6 nitrogen and oxygen atoms in total. The van der Waals surface area contributed by atoms with Gasteiger partial charge in [0.1, 0.15) is 5.75 Å². The van der Waals surface area contributed by atoms with Crippen molar-refractivity contribution in [1.29, 1.82) is 0 Å². The summed E-state index contributed by atoms with van der Waals surface area (Å²) in [7, 11) is -3.52. The molecule has 0 aromatic heterocycles. The Bertz CT molecular complexity index is 836. The molecule has 26 heavy (non-hydrogen) atoms. The van der Waals surface area contributed by atoms with E-state index in [9.17, 15) is 13.2 Å². The lowest BCUT2D eigenvalue weighted by Gasteiger charge is -2.22. The molecule has 0 aliphatic heterocycles. The molecule has 0 saturated heterocycles. The number of hydrogen-bond donors (Lipinski definition) is 1. The van der Waals surface area contributed by atoms with Crippen LogP contribution >= 0.6 is 11.6 Å². The first-order chi connectivity index (χ1) is 12.3.